The zero-order chi connectivity index (χ0) is 13.8. The summed E-state index contributed by atoms with van der Waals surface area (Å²) in [6.07, 6.45) is 1.59. The number of aromatic nitrogens is 2. The first-order valence-electron chi connectivity index (χ1n) is 5.78. The third kappa shape index (κ3) is 2.94. The number of hydrogen-bond acceptors (Lipinski definition) is 4. The second kappa shape index (κ2) is 5.86. The van der Waals surface area contributed by atoms with Crippen LogP contribution in [0.25, 0.3) is 5.69 Å². The van der Waals surface area contributed by atoms with E-state index >= 15 is 0 Å². The molecule has 1 aromatic heterocycles. The smallest absolute Gasteiger partial charge is 0.359 e. The summed E-state index contributed by atoms with van der Waals surface area (Å²) in [5.41, 5.74) is 1.29. The van der Waals surface area contributed by atoms with Gasteiger partial charge >= 0.3 is 5.97 Å². The highest BCUT2D eigenvalue weighted by molar-refractivity contribution is 6.30. The van der Waals surface area contributed by atoms with Crippen LogP contribution in [0.1, 0.15) is 23.0 Å². The number of carbonyl (C=O) groups is 1. The van der Waals surface area contributed by atoms with Crippen molar-refractivity contribution < 1.29 is 14.6 Å². The predicted molar refractivity (Wildman–Crippen MR) is 70.5 cm³/mol. The zero-order valence-electron chi connectivity index (χ0n) is 10.3. The second-order valence-electron chi connectivity index (χ2n) is 3.80. The molecule has 0 fully saturated rings. The Balaban J connectivity index is 2.38. The Bertz CT molecular complexity index is 578. The molecule has 5 nitrogen and oxygen atoms in total. The summed E-state index contributed by atoms with van der Waals surface area (Å²) < 4.78 is 6.40. The number of ether oxygens (including phenoxy) is 1. The molecule has 0 amide bonds. The molecule has 1 heterocycles. The average Bonchev–Trinajstić information content (AvgIpc) is 2.84. The number of benzene rings is 1. The van der Waals surface area contributed by atoms with Gasteiger partial charge in [0.15, 0.2) is 5.69 Å². The summed E-state index contributed by atoms with van der Waals surface area (Å²) >= 11 is 5.81. The van der Waals surface area contributed by atoms with E-state index in [9.17, 15) is 9.90 Å². The Morgan fingerprint density at radius 3 is 2.68 bits per heavy atom. The fourth-order valence-electron chi connectivity index (χ4n) is 1.62. The topological polar surface area (TPSA) is 64.3 Å². The van der Waals surface area contributed by atoms with E-state index in [0.717, 1.165) is 5.69 Å². The van der Waals surface area contributed by atoms with Crippen molar-refractivity contribution in [3.63, 3.8) is 0 Å². The number of rotatable bonds is 4. The van der Waals surface area contributed by atoms with E-state index in [2.05, 4.69) is 5.10 Å². The van der Waals surface area contributed by atoms with Crippen LogP contribution < -0.4 is 0 Å². The van der Waals surface area contributed by atoms with Crippen molar-refractivity contribution in [2.75, 3.05) is 6.61 Å². The lowest BCUT2D eigenvalue weighted by atomic mass is 10.2. The van der Waals surface area contributed by atoms with Crippen molar-refractivity contribution in [3.8, 4) is 5.69 Å². The molecule has 19 heavy (non-hydrogen) atoms. The van der Waals surface area contributed by atoms with Crippen LogP contribution in [0.15, 0.2) is 30.5 Å². The van der Waals surface area contributed by atoms with Gasteiger partial charge in [-0.2, -0.15) is 5.10 Å². The van der Waals surface area contributed by atoms with Gasteiger partial charge in [0.2, 0.25) is 0 Å². The minimum Gasteiger partial charge on any atom is -0.461 e. The SMILES string of the molecule is CCOC(=O)c1nn(-c2ccc(Cl)cc2)cc1CO. The molecule has 6 heteroatoms. The molecule has 0 aliphatic carbocycles. The van der Waals surface area contributed by atoms with Crippen LogP contribution in [0.2, 0.25) is 5.02 Å². The molecule has 0 aliphatic rings. The molecule has 0 aliphatic heterocycles. The van der Waals surface area contributed by atoms with E-state index in [1.165, 1.54) is 4.68 Å². The highest BCUT2D eigenvalue weighted by Gasteiger charge is 2.17. The van der Waals surface area contributed by atoms with E-state index in [1.807, 2.05) is 0 Å². The standard InChI is InChI=1S/C13H13ClN2O3/c1-2-19-13(18)12-9(8-17)7-16(15-12)11-5-3-10(14)4-6-11/h3-7,17H,2,8H2,1H3. The van der Waals surface area contributed by atoms with Gasteiger partial charge in [-0.1, -0.05) is 11.6 Å². The van der Waals surface area contributed by atoms with E-state index in [-0.39, 0.29) is 18.9 Å². The van der Waals surface area contributed by atoms with Gasteiger partial charge in [-0.3, -0.25) is 0 Å². The molecule has 0 saturated carbocycles. The number of hydrogen-bond donors (Lipinski definition) is 1. The molecular formula is C13H13ClN2O3. The molecule has 2 aromatic rings. The zero-order valence-corrected chi connectivity index (χ0v) is 11.1. The first-order valence-corrected chi connectivity index (χ1v) is 6.16. The second-order valence-corrected chi connectivity index (χ2v) is 4.24. The Kier molecular flexibility index (Phi) is 4.19. The van der Waals surface area contributed by atoms with Crippen molar-refractivity contribution >= 4 is 17.6 Å². The normalized spacial score (nSPS) is 10.5. The summed E-state index contributed by atoms with van der Waals surface area (Å²) in [7, 11) is 0. The maximum absolute atomic E-state index is 11.7. The van der Waals surface area contributed by atoms with Gasteiger partial charge in [-0.25, -0.2) is 9.48 Å². The first kappa shape index (κ1) is 13.6. The van der Waals surface area contributed by atoms with Gasteiger partial charge in [0.25, 0.3) is 0 Å². The quantitative estimate of drug-likeness (QED) is 0.872. The fraction of sp³-hybridized carbons (Fsp3) is 0.231. The van der Waals surface area contributed by atoms with E-state index in [4.69, 9.17) is 16.3 Å². The van der Waals surface area contributed by atoms with Gasteiger partial charge in [0.1, 0.15) is 0 Å². The van der Waals surface area contributed by atoms with Crippen molar-refractivity contribution in [2.45, 2.75) is 13.5 Å². The summed E-state index contributed by atoms with van der Waals surface area (Å²) in [5.74, 6) is -0.542. The fourth-order valence-corrected chi connectivity index (χ4v) is 1.75. The summed E-state index contributed by atoms with van der Waals surface area (Å²) in [4.78, 5) is 11.7. The lowest BCUT2D eigenvalue weighted by Crippen LogP contribution is -2.08. The average molecular weight is 281 g/mol. The van der Waals surface area contributed by atoms with Crippen LogP contribution in [0.3, 0.4) is 0 Å². The minimum atomic E-state index is -0.542. The summed E-state index contributed by atoms with van der Waals surface area (Å²) in [6.45, 7) is 1.70. The van der Waals surface area contributed by atoms with Crippen LogP contribution >= 0.6 is 11.6 Å². The van der Waals surface area contributed by atoms with E-state index in [1.54, 1.807) is 37.4 Å². The third-order valence-electron chi connectivity index (χ3n) is 2.52. The highest BCUT2D eigenvalue weighted by Crippen LogP contribution is 2.16. The molecule has 100 valence electrons. The maximum atomic E-state index is 11.7. The largest absolute Gasteiger partial charge is 0.461 e. The minimum absolute atomic E-state index is 0.124. The van der Waals surface area contributed by atoms with Gasteiger partial charge in [0.05, 0.1) is 18.9 Å². The summed E-state index contributed by atoms with van der Waals surface area (Å²) in [6, 6.07) is 6.99. The Hall–Kier alpha value is -1.85. The molecule has 0 saturated heterocycles. The maximum Gasteiger partial charge on any atom is 0.359 e. The number of nitrogens with zero attached hydrogens (tertiary/aromatic N) is 2. The number of aliphatic hydroxyl groups excluding tert-OH is 1. The number of aliphatic hydroxyl groups is 1. The predicted octanol–water partition coefficient (Wildman–Crippen LogP) is 2.19. The molecular weight excluding hydrogens is 268 g/mol. The number of esters is 1. The van der Waals surface area contributed by atoms with Gasteiger partial charge in [0, 0.05) is 16.8 Å². The molecule has 0 spiro atoms. The van der Waals surface area contributed by atoms with Crippen LogP contribution in [0.5, 0.6) is 0 Å². The van der Waals surface area contributed by atoms with Crippen molar-refractivity contribution in [2.24, 2.45) is 0 Å². The van der Waals surface area contributed by atoms with Crippen LogP contribution in [0.4, 0.5) is 0 Å². The van der Waals surface area contributed by atoms with Gasteiger partial charge < -0.3 is 9.84 Å². The third-order valence-corrected chi connectivity index (χ3v) is 2.77. The lowest BCUT2D eigenvalue weighted by molar-refractivity contribution is 0.0515. The van der Waals surface area contributed by atoms with Gasteiger partial charge in [-0.05, 0) is 31.2 Å². The van der Waals surface area contributed by atoms with Crippen molar-refractivity contribution in [1.29, 1.82) is 0 Å². The molecule has 0 unspecified atom stereocenters. The number of carbonyl (C=O) groups excluding carboxylic acids is 1. The Morgan fingerprint density at radius 2 is 2.11 bits per heavy atom. The first-order chi connectivity index (χ1) is 9.15. The Labute approximate surface area is 115 Å². The molecule has 1 aromatic carbocycles. The van der Waals surface area contributed by atoms with Gasteiger partial charge in [-0.15, -0.1) is 0 Å². The summed E-state index contributed by atoms with van der Waals surface area (Å²) in [5, 5.41) is 14.0. The van der Waals surface area contributed by atoms with Crippen LogP contribution in [-0.4, -0.2) is 27.5 Å². The Morgan fingerprint density at radius 1 is 1.42 bits per heavy atom. The molecule has 1 N–H and O–H groups in total. The van der Waals surface area contributed by atoms with E-state index in [0.29, 0.717) is 10.6 Å². The molecule has 0 atom stereocenters. The van der Waals surface area contributed by atoms with Crippen molar-refractivity contribution in [1.82, 2.24) is 9.78 Å². The van der Waals surface area contributed by atoms with Crippen LogP contribution in [0, 0.1) is 0 Å². The van der Waals surface area contributed by atoms with E-state index < -0.39 is 5.97 Å². The van der Waals surface area contributed by atoms with Crippen molar-refractivity contribution in [3.05, 3.63) is 46.7 Å². The highest BCUT2D eigenvalue weighted by atomic mass is 35.5. The lowest BCUT2D eigenvalue weighted by Gasteiger charge is -2.01. The monoisotopic (exact) mass is 280 g/mol. The van der Waals surface area contributed by atoms with Crippen LogP contribution in [-0.2, 0) is 11.3 Å². The molecule has 0 bridgehead atoms. The molecule has 0 radical (unpaired) electrons. The number of halogens is 1. The molecule has 2 rings (SSSR count).